The van der Waals surface area contributed by atoms with Gasteiger partial charge in [0.25, 0.3) is 0 Å². The lowest BCUT2D eigenvalue weighted by molar-refractivity contribution is 0.0642. The molecule has 2 atom stereocenters. The Bertz CT molecular complexity index is 126. The zero-order chi connectivity index (χ0) is 8.97. The molecule has 0 aliphatic carbocycles. The third-order valence-electron chi connectivity index (χ3n) is 2.67. The van der Waals surface area contributed by atoms with E-state index in [0.29, 0.717) is 5.92 Å². The van der Waals surface area contributed by atoms with Gasteiger partial charge in [0.05, 0.1) is 6.10 Å². The summed E-state index contributed by atoms with van der Waals surface area (Å²) in [7, 11) is 0. The van der Waals surface area contributed by atoms with Gasteiger partial charge in [-0.3, -0.25) is 0 Å². The summed E-state index contributed by atoms with van der Waals surface area (Å²) in [5, 5.41) is 9.41. The minimum Gasteiger partial charge on any atom is -0.393 e. The predicted molar refractivity (Wildman–Crippen MR) is 49.9 cm³/mol. The molecule has 0 amide bonds. The van der Waals surface area contributed by atoms with E-state index in [-0.39, 0.29) is 6.10 Å². The fourth-order valence-corrected chi connectivity index (χ4v) is 1.87. The van der Waals surface area contributed by atoms with Gasteiger partial charge in [0.15, 0.2) is 0 Å². The van der Waals surface area contributed by atoms with Gasteiger partial charge in [-0.05, 0) is 32.2 Å². The highest BCUT2D eigenvalue weighted by Gasteiger charge is 2.22. The summed E-state index contributed by atoms with van der Waals surface area (Å²) >= 11 is 0. The molecule has 1 heterocycles. The van der Waals surface area contributed by atoms with Crippen LogP contribution < -0.4 is 5.73 Å². The van der Waals surface area contributed by atoms with E-state index in [2.05, 4.69) is 4.90 Å². The summed E-state index contributed by atoms with van der Waals surface area (Å²) in [6.45, 7) is 5.77. The van der Waals surface area contributed by atoms with Crippen LogP contribution in [0.1, 0.15) is 19.8 Å². The first kappa shape index (κ1) is 9.96. The Morgan fingerprint density at radius 1 is 1.67 bits per heavy atom. The van der Waals surface area contributed by atoms with Crippen LogP contribution in [0.3, 0.4) is 0 Å². The van der Waals surface area contributed by atoms with Crippen LogP contribution in [-0.4, -0.2) is 42.3 Å². The maximum absolute atomic E-state index is 9.41. The number of hydrogen-bond donors (Lipinski definition) is 2. The minimum absolute atomic E-state index is 0.162. The molecule has 1 rings (SSSR count). The van der Waals surface area contributed by atoms with Crippen molar-refractivity contribution < 1.29 is 5.11 Å². The van der Waals surface area contributed by atoms with Crippen LogP contribution in [0.2, 0.25) is 0 Å². The Morgan fingerprint density at radius 3 is 3.00 bits per heavy atom. The first-order valence-corrected chi connectivity index (χ1v) is 4.84. The Balaban J connectivity index is 2.30. The number of rotatable bonds is 3. The number of nitrogens with two attached hydrogens (primary N) is 1. The van der Waals surface area contributed by atoms with Gasteiger partial charge in [-0.2, -0.15) is 0 Å². The van der Waals surface area contributed by atoms with Crippen LogP contribution in [0.15, 0.2) is 0 Å². The molecule has 1 fully saturated rings. The predicted octanol–water partition coefficient (Wildman–Crippen LogP) is 0.0379. The lowest BCUT2D eigenvalue weighted by Crippen LogP contribution is -2.41. The monoisotopic (exact) mass is 172 g/mol. The molecule has 0 radical (unpaired) electrons. The molecule has 3 heteroatoms. The van der Waals surface area contributed by atoms with Crippen molar-refractivity contribution in [1.29, 1.82) is 0 Å². The Labute approximate surface area is 74.5 Å². The van der Waals surface area contributed by atoms with Crippen molar-refractivity contribution in [3.8, 4) is 0 Å². The van der Waals surface area contributed by atoms with Crippen molar-refractivity contribution >= 4 is 0 Å². The molecular weight excluding hydrogens is 152 g/mol. The standard InChI is InChI=1S/C9H20N2O/c1-8(12)9-3-2-5-11(7-9)6-4-10/h8-9,12H,2-7,10H2,1H3. The maximum atomic E-state index is 9.41. The van der Waals surface area contributed by atoms with Crippen molar-refractivity contribution in [3.05, 3.63) is 0 Å². The first-order valence-electron chi connectivity index (χ1n) is 4.84. The summed E-state index contributed by atoms with van der Waals surface area (Å²) in [4.78, 5) is 2.35. The lowest BCUT2D eigenvalue weighted by atomic mass is 9.93. The molecule has 1 aliphatic rings. The van der Waals surface area contributed by atoms with Crippen molar-refractivity contribution in [2.24, 2.45) is 11.7 Å². The second-order valence-electron chi connectivity index (χ2n) is 3.73. The zero-order valence-corrected chi connectivity index (χ0v) is 7.87. The van der Waals surface area contributed by atoms with E-state index < -0.39 is 0 Å². The topological polar surface area (TPSA) is 49.5 Å². The van der Waals surface area contributed by atoms with Gasteiger partial charge in [-0.25, -0.2) is 0 Å². The van der Waals surface area contributed by atoms with E-state index in [1.165, 1.54) is 12.8 Å². The number of aliphatic hydroxyl groups excluding tert-OH is 1. The molecule has 0 aromatic heterocycles. The van der Waals surface area contributed by atoms with E-state index in [1.54, 1.807) is 0 Å². The highest BCUT2D eigenvalue weighted by atomic mass is 16.3. The quantitative estimate of drug-likeness (QED) is 0.632. The molecule has 0 spiro atoms. The maximum Gasteiger partial charge on any atom is 0.0552 e. The fourth-order valence-electron chi connectivity index (χ4n) is 1.87. The summed E-state index contributed by atoms with van der Waals surface area (Å²) in [5.41, 5.74) is 5.48. The second kappa shape index (κ2) is 4.80. The van der Waals surface area contributed by atoms with Crippen molar-refractivity contribution in [3.63, 3.8) is 0 Å². The van der Waals surface area contributed by atoms with Gasteiger partial charge >= 0.3 is 0 Å². The van der Waals surface area contributed by atoms with Crippen LogP contribution in [0.25, 0.3) is 0 Å². The van der Waals surface area contributed by atoms with E-state index in [1.807, 2.05) is 6.92 Å². The van der Waals surface area contributed by atoms with Gasteiger partial charge < -0.3 is 15.7 Å². The molecule has 3 N–H and O–H groups in total. The number of hydrogen-bond acceptors (Lipinski definition) is 3. The third-order valence-corrected chi connectivity index (χ3v) is 2.67. The molecule has 12 heavy (non-hydrogen) atoms. The van der Waals surface area contributed by atoms with E-state index >= 15 is 0 Å². The van der Waals surface area contributed by atoms with Gasteiger partial charge in [-0.1, -0.05) is 0 Å². The van der Waals surface area contributed by atoms with Crippen molar-refractivity contribution in [2.75, 3.05) is 26.2 Å². The second-order valence-corrected chi connectivity index (χ2v) is 3.73. The van der Waals surface area contributed by atoms with Crippen LogP contribution >= 0.6 is 0 Å². The van der Waals surface area contributed by atoms with Crippen LogP contribution in [0, 0.1) is 5.92 Å². The SMILES string of the molecule is CC(O)C1CCCN(CCN)C1. The lowest BCUT2D eigenvalue weighted by Gasteiger charge is -2.33. The molecule has 1 saturated heterocycles. The van der Waals surface area contributed by atoms with Crippen LogP contribution in [0.5, 0.6) is 0 Å². The largest absolute Gasteiger partial charge is 0.393 e. The summed E-state index contributed by atoms with van der Waals surface area (Å²) in [6.07, 6.45) is 2.21. The molecular formula is C9H20N2O. The first-order chi connectivity index (χ1) is 5.74. The van der Waals surface area contributed by atoms with Crippen molar-refractivity contribution in [2.45, 2.75) is 25.9 Å². The van der Waals surface area contributed by atoms with Gasteiger partial charge in [0.2, 0.25) is 0 Å². The van der Waals surface area contributed by atoms with Gasteiger partial charge in [0, 0.05) is 19.6 Å². The number of likely N-dealkylation sites (tertiary alicyclic amines) is 1. The van der Waals surface area contributed by atoms with Crippen molar-refractivity contribution in [1.82, 2.24) is 4.90 Å². The number of nitrogens with zero attached hydrogens (tertiary/aromatic N) is 1. The molecule has 1 aliphatic heterocycles. The summed E-state index contributed by atoms with van der Waals surface area (Å²) < 4.78 is 0. The molecule has 2 unspecified atom stereocenters. The number of piperidine rings is 1. The Morgan fingerprint density at radius 2 is 2.42 bits per heavy atom. The normalized spacial score (nSPS) is 28.8. The summed E-state index contributed by atoms with van der Waals surface area (Å²) in [6, 6.07) is 0. The van der Waals surface area contributed by atoms with E-state index in [4.69, 9.17) is 5.73 Å². The molecule has 72 valence electrons. The average Bonchev–Trinajstić information content (AvgIpc) is 2.05. The molecule has 0 bridgehead atoms. The smallest absolute Gasteiger partial charge is 0.0552 e. The average molecular weight is 172 g/mol. The fraction of sp³-hybridized carbons (Fsp3) is 1.00. The Kier molecular flexibility index (Phi) is 3.98. The third kappa shape index (κ3) is 2.73. The molecule has 0 aromatic carbocycles. The highest BCUT2D eigenvalue weighted by molar-refractivity contribution is 4.76. The molecule has 0 aromatic rings. The van der Waals surface area contributed by atoms with Crippen LogP contribution in [-0.2, 0) is 0 Å². The van der Waals surface area contributed by atoms with E-state index in [9.17, 15) is 5.11 Å². The Hall–Kier alpha value is -0.120. The van der Waals surface area contributed by atoms with Crippen LogP contribution in [0.4, 0.5) is 0 Å². The van der Waals surface area contributed by atoms with E-state index in [0.717, 1.165) is 26.2 Å². The molecule has 3 nitrogen and oxygen atoms in total. The minimum atomic E-state index is -0.162. The summed E-state index contributed by atoms with van der Waals surface area (Å²) in [5.74, 6) is 0.463. The zero-order valence-electron chi connectivity index (χ0n) is 7.87. The van der Waals surface area contributed by atoms with Gasteiger partial charge in [0.1, 0.15) is 0 Å². The number of aliphatic hydroxyl groups is 1. The van der Waals surface area contributed by atoms with Gasteiger partial charge in [-0.15, -0.1) is 0 Å². The highest BCUT2D eigenvalue weighted by Crippen LogP contribution is 2.18. The molecule has 0 saturated carbocycles.